The van der Waals surface area contributed by atoms with E-state index in [-0.39, 0.29) is 6.10 Å². The van der Waals surface area contributed by atoms with E-state index in [0.29, 0.717) is 6.01 Å². The van der Waals surface area contributed by atoms with Crippen LogP contribution in [0.3, 0.4) is 0 Å². The van der Waals surface area contributed by atoms with Gasteiger partial charge in [0.15, 0.2) is 0 Å². The molecule has 17 heavy (non-hydrogen) atoms. The first-order valence-electron chi connectivity index (χ1n) is 5.95. The third-order valence-corrected chi connectivity index (χ3v) is 2.97. The molecule has 2 aliphatic rings. The van der Waals surface area contributed by atoms with Crippen molar-refractivity contribution in [2.24, 2.45) is 0 Å². The number of aromatic nitrogens is 2. The Balaban J connectivity index is 1.68. The second kappa shape index (κ2) is 4.85. The Morgan fingerprint density at radius 3 is 2.88 bits per heavy atom. The molecule has 0 radical (unpaired) electrons. The van der Waals surface area contributed by atoms with Gasteiger partial charge < -0.3 is 19.7 Å². The summed E-state index contributed by atoms with van der Waals surface area (Å²) in [6.07, 6.45) is 1.97. The number of anilines is 1. The number of hydrogen-bond acceptors (Lipinski definition) is 6. The second-order valence-electron chi connectivity index (χ2n) is 4.19. The molecule has 2 fully saturated rings. The SMILES string of the molecule is c1cc(N2CCOCC2)nc(OC2CNC2)n1. The maximum Gasteiger partial charge on any atom is 0.318 e. The molecule has 0 aromatic carbocycles. The maximum atomic E-state index is 5.64. The Hall–Kier alpha value is -1.40. The molecule has 1 aromatic rings. The van der Waals surface area contributed by atoms with Gasteiger partial charge in [-0.05, 0) is 6.07 Å². The van der Waals surface area contributed by atoms with Crippen LogP contribution in [-0.4, -0.2) is 55.5 Å². The molecule has 6 nitrogen and oxygen atoms in total. The Bertz CT molecular complexity index is 377. The van der Waals surface area contributed by atoms with Gasteiger partial charge in [0.2, 0.25) is 0 Å². The van der Waals surface area contributed by atoms with E-state index in [1.54, 1.807) is 6.20 Å². The molecule has 92 valence electrons. The average Bonchev–Trinajstić information content (AvgIpc) is 2.35. The highest BCUT2D eigenvalue weighted by molar-refractivity contribution is 5.38. The van der Waals surface area contributed by atoms with Crippen LogP contribution in [-0.2, 0) is 4.74 Å². The minimum atomic E-state index is 0.218. The Labute approximate surface area is 100.0 Å². The summed E-state index contributed by atoms with van der Waals surface area (Å²) >= 11 is 0. The van der Waals surface area contributed by atoms with Crippen LogP contribution in [0.2, 0.25) is 0 Å². The molecule has 0 amide bonds. The van der Waals surface area contributed by atoms with E-state index in [2.05, 4.69) is 20.2 Å². The molecule has 6 heteroatoms. The summed E-state index contributed by atoms with van der Waals surface area (Å²) in [6.45, 7) is 5.03. The van der Waals surface area contributed by atoms with Gasteiger partial charge in [-0.15, -0.1) is 0 Å². The molecule has 0 saturated carbocycles. The summed E-state index contributed by atoms with van der Waals surface area (Å²) in [7, 11) is 0. The lowest BCUT2D eigenvalue weighted by molar-refractivity contribution is 0.120. The molecule has 3 heterocycles. The summed E-state index contributed by atoms with van der Waals surface area (Å²) in [5.74, 6) is 0.922. The fourth-order valence-corrected chi connectivity index (χ4v) is 1.85. The van der Waals surface area contributed by atoms with E-state index in [4.69, 9.17) is 9.47 Å². The van der Waals surface area contributed by atoms with Gasteiger partial charge in [0, 0.05) is 32.4 Å². The van der Waals surface area contributed by atoms with Gasteiger partial charge in [-0.2, -0.15) is 4.98 Å². The van der Waals surface area contributed by atoms with Crippen molar-refractivity contribution in [3.63, 3.8) is 0 Å². The van der Waals surface area contributed by atoms with Crippen molar-refractivity contribution in [3.8, 4) is 6.01 Å². The highest BCUT2D eigenvalue weighted by Crippen LogP contribution is 2.16. The van der Waals surface area contributed by atoms with Gasteiger partial charge in [-0.3, -0.25) is 0 Å². The van der Waals surface area contributed by atoms with Crippen LogP contribution in [0.4, 0.5) is 5.82 Å². The normalized spacial score (nSPS) is 21.1. The van der Waals surface area contributed by atoms with E-state index in [9.17, 15) is 0 Å². The summed E-state index contributed by atoms with van der Waals surface area (Å²) in [4.78, 5) is 10.8. The molecular weight excluding hydrogens is 220 g/mol. The van der Waals surface area contributed by atoms with Crippen molar-refractivity contribution in [2.45, 2.75) is 6.10 Å². The molecular formula is C11H16N4O2. The molecule has 1 aromatic heterocycles. The van der Waals surface area contributed by atoms with Gasteiger partial charge in [0.1, 0.15) is 11.9 Å². The fraction of sp³-hybridized carbons (Fsp3) is 0.636. The first-order chi connectivity index (χ1) is 8.42. The Morgan fingerprint density at radius 2 is 2.18 bits per heavy atom. The molecule has 0 bridgehead atoms. The van der Waals surface area contributed by atoms with Crippen molar-refractivity contribution in [1.29, 1.82) is 0 Å². The Morgan fingerprint density at radius 1 is 1.35 bits per heavy atom. The number of nitrogens with zero attached hydrogens (tertiary/aromatic N) is 3. The fourth-order valence-electron chi connectivity index (χ4n) is 1.85. The first-order valence-corrected chi connectivity index (χ1v) is 5.95. The standard InChI is InChI=1S/C11H16N4O2/c1-2-13-11(17-9-7-12-8-9)14-10(1)15-3-5-16-6-4-15/h1-2,9,12H,3-8H2. The largest absolute Gasteiger partial charge is 0.457 e. The summed E-state index contributed by atoms with van der Waals surface area (Å²) in [6, 6.07) is 2.39. The zero-order valence-electron chi connectivity index (χ0n) is 9.63. The molecule has 1 N–H and O–H groups in total. The van der Waals surface area contributed by atoms with E-state index >= 15 is 0 Å². The third kappa shape index (κ3) is 2.48. The van der Waals surface area contributed by atoms with Crippen LogP contribution >= 0.6 is 0 Å². The van der Waals surface area contributed by atoms with Crippen molar-refractivity contribution in [3.05, 3.63) is 12.3 Å². The van der Waals surface area contributed by atoms with Gasteiger partial charge in [-0.25, -0.2) is 4.98 Å². The lowest BCUT2D eigenvalue weighted by atomic mass is 10.2. The maximum absolute atomic E-state index is 5.64. The first kappa shape index (κ1) is 10.7. The predicted octanol–water partition coefficient (Wildman–Crippen LogP) is -0.336. The van der Waals surface area contributed by atoms with Crippen LogP contribution in [0.15, 0.2) is 12.3 Å². The van der Waals surface area contributed by atoms with Crippen LogP contribution in [0.5, 0.6) is 6.01 Å². The molecule has 0 spiro atoms. The highest BCUT2D eigenvalue weighted by Gasteiger charge is 2.20. The predicted molar refractivity (Wildman–Crippen MR) is 62.3 cm³/mol. The monoisotopic (exact) mass is 236 g/mol. The van der Waals surface area contributed by atoms with Crippen LogP contribution < -0.4 is 15.0 Å². The zero-order valence-corrected chi connectivity index (χ0v) is 9.63. The van der Waals surface area contributed by atoms with Crippen LogP contribution in [0.1, 0.15) is 0 Å². The smallest absolute Gasteiger partial charge is 0.318 e. The number of rotatable bonds is 3. The number of hydrogen-bond donors (Lipinski definition) is 1. The molecule has 2 aliphatic heterocycles. The molecule has 0 atom stereocenters. The topological polar surface area (TPSA) is 59.5 Å². The average molecular weight is 236 g/mol. The third-order valence-electron chi connectivity index (χ3n) is 2.97. The minimum Gasteiger partial charge on any atom is -0.457 e. The number of ether oxygens (including phenoxy) is 2. The van der Waals surface area contributed by atoms with Crippen LogP contribution in [0.25, 0.3) is 0 Å². The minimum absolute atomic E-state index is 0.218. The van der Waals surface area contributed by atoms with E-state index in [1.807, 2.05) is 6.07 Å². The zero-order chi connectivity index (χ0) is 11.5. The van der Waals surface area contributed by atoms with Gasteiger partial charge >= 0.3 is 6.01 Å². The molecule has 0 aliphatic carbocycles. The summed E-state index contributed by atoms with van der Waals surface area (Å²) < 4.78 is 11.0. The molecule has 2 saturated heterocycles. The van der Waals surface area contributed by atoms with E-state index in [1.165, 1.54) is 0 Å². The lowest BCUT2D eigenvalue weighted by Gasteiger charge is -2.29. The van der Waals surface area contributed by atoms with Gasteiger partial charge in [-0.1, -0.05) is 0 Å². The molecule has 0 unspecified atom stereocenters. The number of morpholine rings is 1. The van der Waals surface area contributed by atoms with E-state index in [0.717, 1.165) is 45.2 Å². The van der Waals surface area contributed by atoms with Gasteiger partial charge in [0.05, 0.1) is 13.2 Å². The van der Waals surface area contributed by atoms with Crippen molar-refractivity contribution in [2.75, 3.05) is 44.3 Å². The van der Waals surface area contributed by atoms with Gasteiger partial charge in [0.25, 0.3) is 0 Å². The van der Waals surface area contributed by atoms with E-state index < -0.39 is 0 Å². The van der Waals surface area contributed by atoms with Crippen molar-refractivity contribution >= 4 is 5.82 Å². The summed E-state index contributed by atoms with van der Waals surface area (Å²) in [5, 5.41) is 3.15. The van der Waals surface area contributed by atoms with Crippen LogP contribution in [0, 0.1) is 0 Å². The van der Waals surface area contributed by atoms with Crippen molar-refractivity contribution in [1.82, 2.24) is 15.3 Å². The quantitative estimate of drug-likeness (QED) is 0.775. The second-order valence-corrected chi connectivity index (χ2v) is 4.19. The molecule has 3 rings (SSSR count). The lowest BCUT2D eigenvalue weighted by Crippen LogP contribution is -2.50. The number of nitrogens with one attached hydrogen (secondary N) is 1. The Kier molecular flexibility index (Phi) is 3.06. The highest BCUT2D eigenvalue weighted by atomic mass is 16.5. The summed E-state index contributed by atoms with van der Waals surface area (Å²) in [5.41, 5.74) is 0. The van der Waals surface area contributed by atoms with Crippen molar-refractivity contribution < 1.29 is 9.47 Å².